The monoisotopic (exact) mass is 548 g/mol. The molecule has 0 unspecified atom stereocenters. The standard InChI is InChI=1S/C28H40N2O9/c1-14-7-17-10-18(31)11-20-25(17)38-23(21(8-14)36-5)15(2)9-16(3)24(39-27(29)34)22(37-6)12-19(32)13-28(4,35)26(33)30-20/h9-11,14-15,21-24,31,35H,7-8,12-13H2,1-6H3,(H2,29,34)(H,30,33)/b16-9+/t14-,15+,21+,22+,23-,24+,28+/m1/s1. The number of rotatable bonds is 3. The van der Waals surface area contributed by atoms with Crippen LogP contribution in [-0.2, 0) is 30.2 Å². The summed E-state index contributed by atoms with van der Waals surface area (Å²) in [5.74, 6) is -1.26. The van der Waals surface area contributed by atoms with Crippen LogP contribution < -0.4 is 15.8 Å². The zero-order chi connectivity index (χ0) is 29.1. The summed E-state index contributed by atoms with van der Waals surface area (Å²) in [6.45, 7) is 6.95. The number of primary amides is 1. The van der Waals surface area contributed by atoms with Crippen LogP contribution in [-0.4, -0.2) is 72.2 Å². The maximum atomic E-state index is 13.2. The minimum Gasteiger partial charge on any atom is -0.508 e. The van der Waals surface area contributed by atoms with E-state index < -0.39 is 48.1 Å². The van der Waals surface area contributed by atoms with Gasteiger partial charge in [0, 0.05) is 44.6 Å². The van der Waals surface area contributed by atoms with Gasteiger partial charge in [-0.3, -0.25) is 9.59 Å². The van der Waals surface area contributed by atoms with Crippen molar-refractivity contribution in [3.8, 4) is 11.5 Å². The Hall–Kier alpha value is -3.15. The molecule has 1 aromatic rings. The topological polar surface area (TPSA) is 167 Å². The highest BCUT2D eigenvalue weighted by Gasteiger charge is 2.39. The lowest BCUT2D eigenvalue weighted by Crippen LogP contribution is -2.43. The van der Waals surface area contributed by atoms with Crippen LogP contribution in [0.25, 0.3) is 0 Å². The number of nitrogens with one attached hydrogen (secondary N) is 1. The maximum Gasteiger partial charge on any atom is 0.405 e. The Labute approximate surface area is 228 Å². The van der Waals surface area contributed by atoms with Gasteiger partial charge >= 0.3 is 6.09 Å². The van der Waals surface area contributed by atoms with Crippen molar-refractivity contribution < 1.29 is 43.5 Å². The summed E-state index contributed by atoms with van der Waals surface area (Å²) >= 11 is 0. The van der Waals surface area contributed by atoms with Gasteiger partial charge in [0.1, 0.15) is 35.1 Å². The molecule has 2 amide bonds. The van der Waals surface area contributed by atoms with Gasteiger partial charge in [0.05, 0.1) is 11.8 Å². The first-order valence-corrected chi connectivity index (χ1v) is 13.0. The van der Waals surface area contributed by atoms with Crippen molar-refractivity contribution in [3.63, 3.8) is 0 Å². The molecule has 0 aromatic heterocycles. The van der Waals surface area contributed by atoms with E-state index >= 15 is 0 Å². The molecule has 1 aromatic carbocycles. The van der Waals surface area contributed by atoms with E-state index in [0.29, 0.717) is 29.7 Å². The second kappa shape index (κ2) is 12.4. The molecule has 39 heavy (non-hydrogen) atoms. The number of phenolic OH excluding ortho intramolecular Hbond substituents is 1. The largest absolute Gasteiger partial charge is 0.508 e. The lowest BCUT2D eigenvalue weighted by molar-refractivity contribution is -0.140. The van der Waals surface area contributed by atoms with E-state index in [0.717, 1.165) is 0 Å². The molecule has 5 N–H and O–H groups in total. The average molecular weight is 549 g/mol. The quantitative estimate of drug-likeness (QED) is 0.415. The Morgan fingerprint density at radius 1 is 1.15 bits per heavy atom. The third kappa shape index (κ3) is 7.28. The predicted octanol–water partition coefficient (Wildman–Crippen LogP) is 2.85. The Morgan fingerprint density at radius 3 is 2.44 bits per heavy atom. The number of phenols is 1. The van der Waals surface area contributed by atoms with E-state index in [2.05, 4.69) is 12.2 Å². The van der Waals surface area contributed by atoms with Crippen LogP contribution in [0.15, 0.2) is 23.8 Å². The molecule has 2 aliphatic heterocycles. The lowest BCUT2D eigenvalue weighted by atomic mass is 9.86. The summed E-state index contributed by atoms with van der Waals surface area (Å²) < 4.78 is 23.3. The number of aromatic hydroxyl groups is 1. The molecule has 0 spiro atoms. The van der Waals surface area contributed by atoms with E-state index in [1.807, 2.05) is 13.0 Å². The van der Waals surface area contributed by atoms with E-state index in [1.54, 1.807) is 20.1 Å². The highest BCUT2D eigenvalue weighted by molar-refractivity contribution is 6.01. The van der Waals surface area contributed by atoms with Gasteiger partial charge in [-0.1, -0.05) is 19.9 Å². The molecule has 0 radical (unpaired) electrons. The van der Waals surface area contributed by atoms with Gasteiger partial charge in [-0.05, 0) is 44.2 Å². The first-order chi connectivity index (χ1) is 18.2. The molecule has 3 rings (SSSR count). The van der Waals surface area contributed by atoms with Crippen molar-refractivity contribution >= 4 is 23.5 Å². The summed E-state index contributed by atoms with van der Waals surface area (Å²) in [6, 6.07) is 2.94. The molecule has 11 nitrogen and oxygen atoms in total. The van der Waals surface area contributed by atoms with Crippen molar-refractivity contribution in [2.75, 3.05) is 19.5 Å². The molecule has 0 aliphatic carbocycles. The molecule has 7 atom stereocenters. The van der Waals surface area contributed by atoms with Gasteiger partial charge in [-0.2, -0.15) is 0 Å². The minimum absolute atomic E-state index is 0.0768. The third-order valence-electron chi connectivity index (χ3n) is 7.36. The summed E-state index contributed by atoms with van der Waals surface area (Å²) in [5, 5.41) is 24.1. The van der Waals surface area contributed by atoms with Crippen LogP contribution in [0, 0.1) is 11.8 Å². The third-order valence-corrected chi connectivity index (χ3v) is 7.36. The molecule has 2 bridgehead atoms. The lowest BCUT2D eigenvalue weighted by Gasteiger charge is -2.36. The number of nitrogens with two attached hydrogens (primary N) is 1. The highest BCUT2D eigenvalue weighted by atomic mass is 16.6. The smallest absolute Gasteiger partial charge is 0.405 e. The number of fused-ring (bicyclic) bond motifs is 1. The van der Waals surface area contributed by atoms with E-state index in [-0.39, 0.29) is 35.8 Å². The zero-order valence-electron chi connectivity index (χ0n) is 23.4. The molecule has 0 fully saturated rings. The van der Waals surface area contributed by atoms with Crippen LogP contribution >= 0.6 is 0 Å². The molecular formula is C28H40N2O9. The van der Waals surface area contributed by atoms with Gasteiger partial charge in [0.2, 0.25) is 0 Å². The second-order valence-electron chi connectivity index (χ2n) is 10.9. The number of methoxy groups -OCH3 is 2. The number of ether oxygens (including phenoxy) is 4. The number of aliphatic hydroxyl groups is 1. The Morgan fingerprint density at radius 2 is 1.82 bits per heavy atom. The van der Waals surface area contributed by atoms with Gasteiger partial charge in [-0.25, -0.2) is 4.79 Å². The number of benzene rings is 1. The number of Topliss-reactive ketones (excluding diaryl/α,β-unsaturated/α-hetero) is 1. The van der Waals surface area contributed by atoms with Gasteiger partial charge in [0.25, 0.3) is 5.91 Å². The van der Waals surface area contributed by atoms with Crippen LogP contribution in [0.4, 0.5) is 10.5 Å². The minimum atomic E-state index is -2.10. The first kappa shape index (κ1) is 30.4. The van der Waals surface area contributed by atoms with Gasteiger partial charge in [-0.15, -0.1) is 0 Å². The van der Waals surface area contributed by atoms with Crippen molar-refractivity contribution in [1.29, 1.82) is 0 Å². The SMILES string of the molecule is CO[C@H]1C[C@H](C)Cc2cc(O)cc3c2O[C@@H]1[C@@H](C)/C=C(\C)[C@H](OC(N)=O)[C@@H](OC)CC(=O)C[C@](C)(O)C(=O)N3. The number of amides is 2. The highest BCUT2D eigenvalue weighted by Crippen LogP contribution is 2.41. The first-order valence-electron chi connectivity index (χ1n) is 13.0. The fraction of sp³-hybridized carbons (Fsp3) is 0.607. The van der Waals surface area contributed by atoms with Crippen molar-refractivity contribution in [2.45, 2.75) is 83.4 Å². The summed E-state index contributed by atoms with van der Waals surface area (Å²) in [4.78, 5) is 38.0. The Kier molecular flexibility index (Phi) is 9.63. The fourth-order valence-corrected chi connectivity index (χ4v) is 5.46. The normalized spacial score (nSPS) is 33.7. The average Bonchev–Trinajstić information content (AvgIpc) is 2.82. The fourth-order valence-electron chi connectivity index (χ4n) is 5.46. The molecular weight excluding hydrogens is 508 g/mol. The number of hydrogen-bond acceptors (Lipinski definition) is 9. The van der Waals surface area contributed by atoms with Crippen LogP contribution in [0.2, 0.25) is 0 Å². The molecule has 2 heterocycles. The number of ketones is 1. The molecule has 2 aliphatic rings. The summed E-state index contributed by atoms with van der Waals surface area (Å²) in [7, 11) is 2.97. The molecule has 0 saturated carbocycles. The van der Waals surface area contributed by atoms with Crippen molar-refractivity contribution in [1.82, 2.24) is 0 Å². The van der Waals surface area contributed by atoms with E-state index in [4.69, 9.17) is 24.7 Å². The summed E-state index contributed by atoms with van der Waals surface area (Å²) in [5.41, 5.74) is 4.68. The maximum absolute atomic E-state index is 13.2. The zero-order valence-corrected chi connectivity index (χ0v) is 23.4. The van der Waals surface area contributed by atoms with Crippen LogP contribution in [0.5, 0.6) is 11.5 Å². The summed E-state index contributed by atoms with van der Waals surface area (Å²) in [6.07, 6.45) is -1.60. The Balaban J connectivity index is 2.22. The molecule has 11 heteroatoms. The number of hydrogen-bond donors (Lipinski definition) is 4. The van der Waals surface area contributed by atoms with E-state index in [9.17, 15) is 24.6 Å². The number of carbonyl (C=O) groups excluding carboxylic acids is 3. The van der Waals surface area contributed by atoms with Crippen molar-refractivity contribution in [2.24, 2.45) is 17.6 Å². The number of carbonyl (C=O) groups is 3. The van der Waals surface area contributed by atoms with Crippen LogP contribution in [0.3, 0.4) is 0 Å². The second-order valence-corrected chi connectivity index (χ2v) is 10.9. The van der Waals surface area contributed by atoms with Crippen molar-refractivity contribution in [3.05, 3.63) is 29.3 Å². The number of anilines is 1. The van der Waals surface area contributed by atoms with E-state index in [1.165, 1.54) is 20.1 Å². The van der Waals surface area contributed by atoms with Crippen LogP contribution in [0.1, 0.15) is 52.5 Å². The van der Waals surface area contributed by atoms with Gasteiger partial charge < -0.3 is 40.2 Å². The van der Waals surface area contributed by atoms with Gasteiger partial charge in [0.15, 0.2) is 6.10 Å². The Bertz CT molecular complexity index is 1120. The predicted molar refractivity (Wildman–Crippen MR) is 142 cm³/mol. The molecule has 0 saturated heterocycles. The molecule has 216 valence electrons.